The highest BCUT2D eigenvalue weighted by Crippen LogP contribution is 2.22. The van der Waals surface area contributed by atoms with E-state index >= 15 is 0 Å². The van der Waals surface area contributed by atoms with Gasteiger partial charge in [-0.05, 0) is 23.1 Å². The van der Waals surface area contributed by atoms with Crippen LogP contribution in [0.4, 0.5) is 0 Å². The van der Waals surface area contributed by atoms with E-state index < -0.39 is 6.10 Å². The summed E-state index contributed by atoms with van der Waals surface area (Å²) in [6.45, 7) is 6.03. The Hall–Kier alpha value is -1.39. The van der Waals surface area contributed by atoms with Crippen molar-refractivity contribution in [2.75, 3.05) is 13.2 Å². The molecule has 3 N–H and O–H groups in total. The van der Waals surface area contributed by atoms with E-state index in [1.54, 1.807) is 12.1 Å². The standard InChI is InChI=1S/C14H21NO3/c1-14(2,3)11-6-4-10(5-7-11)13(18)15-8-12(17)9-16/h4-7,12,16-17H,8-9H2,1-3H3,(H,15,18)/t12-/m1/s1. The summed E-state index contributed by atoms with van der Waals surface area (Å²) in [4.78, 5) is 11.7. The molecule has 100 valence electrons. The zero-order valence-corrected chi connectivity index (χ0v) is 11.1. The summed E-state index contributed by atoms with van der Waals surface area (Å²) in [6.07, 6.45) is -0.914. The Bertz CT molecular complexity index is 392. The Kier molecular flexibility index (Phi) is 4.87. The van der Waals surface area contributed by atoms with Gasteiger partial charge in [-0.25, -0.2) is 0 Å². The third-order valence-corrected chi connectivity index (χ3v) is 2.72. The van der Waals surface area contributed by atoms with Crippen molar-refractivity contribution in [2.24, 2.45) is 0 Å². The van der Waals surface area contributed by atoms with Crippen molar-refractivity contribution in [1.29, 1.82) is 0 Å². The number of amides is 1. The molecule has 0 fully saturated rings. The fraction of sp³-hybridized carbons (Fsp3) is 0.500. The van der Waals surface area contributed by atoms with E-state index in [9.17, 15) is 4.79 Å². The Morgan fingerprint density at radius 1 is 1.28 bits per heavy atom. The van der Waals surface area contributed by atoms with Crippen LogP contribution in [0, 0.1) is 0 Å². The first kappa shape index (κ1) is 14.7. The fourth-order valence-corrected chi connectivity index (χ4v) is 1.50. The molecule has 0 aliphatic rings. The van der Waals surface area contributed by atoms with Gasteiger partial charge in [-0.15, -0.1) is 0 Å². The fourth-order valence-electron chi connectivity index (χ4n) is 1.50. The molecule has 0 bridgehead atoms. The third kappa shape index (κ3) is 4.13. The molecule has 0 aliphatic heterocycles. The molecule has 1 atom stereocenters. The van der Waals surface area contributed by atoms with Gasteiger partial charge in [0.15, 0.2) is 0 Å². The SMILES string of the molecule is CC(C)(C)c1ccc(C(=O)NC[C@@H](O)CO)cc1. The lowest BCUT2D eigenvalue weighted by molar-refractivity contribution is 0.0802. The molecule has 0 aliphatic carbocycles. The number of aliphatic hydroxyl groups is 2. The van der Waals surface area contributed by atoms with Crippen LogP contribution >= 0.6 is 0 Å². The van der Waals surface area contributed by atoms with Crippen molar-refractivity contribution in [2.45, 2.75) is 32.3 Å². The van der Waals surface area contributed by atoms with E-state index in [4.69, 9.17) is 10.2 Å². The first-order chi connectivity index (χ1) is 8.34. The second-order valence-corrected chi connectivity index (χ2v) is 5.37. The van der Waals surface area contributed by atoms with Crippen LogP contribution < -0.4 is 5.32 Å². The van der Waals surface area contributed by atoms with Gasteiger partial charge < -0.3 is 15.5 Å². The largest absolute Gasteiger partial charge is 0.394 e. The molecule has 1 aromatic rings. The summed E-state index contributed by atoms with van der Waals surface area (Å²) < 4.78 is 0. The highest BCUT2D eigenvalue weighted by Gasteiger charge is 2.14. The van der Waals surface area contributed by atoms with Gasteiger partial charge in [0.05, 0.1) is 12.7 Å². The number of rotatable bonds is 4. The van der Waals surface area contributed by atoms with Gasteiger partial charge in [0.1, 0.15) is 0 Å². The molecule has 0 spiro atoms. The van der Waals surface area contributed by atoms with E-state index in [-0.39, 0.29) is 24.5 Å². The van der Waals surface area contributed by atoms with Crippen molar-refractivity contribution < 1.29 is 15.0 Å². The van der Waals surface area contributed by atoms with E-state index in [0.717, 1.165) is 5.56 Å². The van der Waals surface area contributed by atoms with Gasteiger partial charge in [-0.3, -0.25) is 4.79 Å². The number of hydrogen-bond acceptors (Lipinski definition) is 3. The number of carbonyl (C=O) groups is 1. The minimum absolute atomic E-state index is 0.0519. The van der Waals surface area contributed by atoms with Crippen LogP contribution in [-0.2, 0) is 5.41 Å². The predicted molar refractivity (Wildman–Crippen MR) is 70.6 cm³/mol. The first-order valence-electron chi connectivity index (χ1n) is 6.02. The van der Waals surface area contributed by atoms with Gasteiger partial charge in [-0.1, -0.05) is 32.9 Å². The monoisotopic (exact) mass is 251 g/mol. The summed E-state index contributed by atoms with van der Waals surface area (Å²) in [5.74, 6) is -0.247. The summed E-state index contributed by atoms with van der Waals surface area (Å²) in [7, 11) is 0. The van der Waals surface area contributed by atoms with Crippen LogP contribution in [0.2, 0.25) is 0 Å². The summed E-state index contributed by atoms with van der Waals surface area (Å²) in [6, 6.07) is 7.39. The molecule has 4 heteroatoms. The summed E-state index contributed by atoms with van der Waals surface area (Å²) >= 11 is 0. The highest BCUT2D eigenvalue weighted by atomic mass is 16.3. The average Bonchev–Trinajstić information content (AvgIpc) is 2.34. The predicted octanol–water partition coefficient (Wildman–Crippen LogP) is 1.07. The molecule has 1 amide bonds. The second-order valence-electron chi connectivity index (χ2n) is 5.37. The Morgan fingerprint density at radius 2 is 1.83 bits per heavy atom. The van der Waals surface area contributed by atoms with Gasteiger partial charge in [0.2, 0.25) is 0 Å². The minimum Gasteiger partial charge on any atom is -0.394 e. The number of nitrogens with one attached hydrogen (secondary N) is 1. The average molecular weight is 251 g/mol. The number of hydrogen-bond donors (Lipinski definition) is 3. The first-order valence-corrected chi connectivity index (χ1v) is 6.02. The lowest BCUT2D eigenvalue weighted by Gasteiger charge is -2.19. The second kappa shape index (κ2) is 5.98. The smallest absolute Gasteiger partial charge is 0.251 e. The lowest BCUT2D eigenvalue weighted by atomic mass is 9.87. The topological polar surface area (TPSA) is 69.6 Å². The molecule has 18 heavy (non-hydrogen) atoms. The zero-order chi connectivity index (χ0) is 13.8. The van der Waals surface area contributed by atoms with Gasteiger partial charge in [-0.2, -0.15) is 0 Å². The molecule has 0 unspecified atom stereocenters. The van der Waals surface area contributed by atoms with Gasteiger partial charge >= 0.3 is 0 Å². The maximum absolute atomic E-state index is 11.7. The molecular weight excluding hydrogens is 230 g/mol. The van der Waals surface area contributed by atoms with Crippen LogP contribution in [0.1, 0.15) is 36.7 Å². The molecule has 1 rings (SSSR count). The van der Waals surface area contributed by atoms with Crippen molar-refractivity contribution in [3.63, 3.8) is 0 Å². The Morgan fingerprint density at radius 3 is 2.28 bits per heavy atom. The minimum atomic E-state index is -0.914. The van der Waals surface area contributed by atoms with E-state index in [1.165, 1.54) is 0 Å². The van der Waals surface area contributed by atoms with Crippen molar-refractivity contribution >= 4 is 5.91 Å². The summed E-state index contributed by atoms with van der Waals surface area (Å²) in [5.41, 5.74) is 1.77. The van der Waals surface area contributed by atoms with Crippen molar-refractivity contribution in [3.05, 3.63) is 35.4 Å². The maximum atomic E-state index is 11.7. The number of aliphatic hydroxyl groups excluding tert-OH is 2. The van der Waals surface area contributed by atoms with Crippen LogP contribution in [0.5, 0.6) is 0 Å². The zero-order valence-electron chi connectivity index (χ0n) is 11.1. The van der Waals surface area contributed by atoms with Crippen molar-refractivity contribution in [1.82, 2.24) is 5.32 Å². The molecule has 0 saturated heterocycles. The van der Waals surface area contributed by atoms with Crippen LogP contribution in [0.3, 0.4) is 0 Å². The van der Waals surface area contributed by atoms with E-state index in [2.05, 4.69) is 26.1 Å². The molecule has 0 radical (unpaired) electrons. The van der Waals surface area contributed by atoms with Crippen LogP contribution in [-0.4, -0.2) is 35.4 Å². The molecule has 0 heterocycles. The summed E-state index contributed by atoms with van der Waals surface area (Å²) in [5, 5.41) is 20.3. The molecule has 0 saturated carbocycles. The van der Waals surface area contributed by atoms with E-state index in [1.807, 2.05) is 12.1 Å². The third-order valence-electron chi connectivity index (χ3n) is 2.72. The Labute approximate surface area is 108 Å². The van der Waals surface area contributed by atoms with E-state index in [0.29, 0.717) is 5.56 Å². The van der Waals surface area contributed by atoms with Crippen molar-refractivity contribution in [3.8, 4) is 0 Å². The lowest BCUT2D eigenvalue weighted by Crippen LogP contribution is -2.33. The normalized spacial score (nSPS) is 13.2. The van der Waals surface area contributed by atoms with Gasteiger partial charge in [0, 0.05) is 12.1 Å². The number of benzene rings is 1. The Balaban J connectivity index is 2.65. The highest BCUT2D eigenvalue weighted by molar-refractivity contribution is 5.94. The molecule has 1 aromatic carbocycles. The van der Waals surface area contributed by atoms with Crippen LogP contribution in [0.25, 0.3) is 0 Å². The van der Waals surface area contributed by atoms with Crippen LogP contribution in [0.15, 0.2) is 24.3 Å². The molecule has 4 nitrogen and oxygen atoms in total. The number of carbonyl (C=O) groups excluding carboxylic acids is 1. The van der Waals surface area contributed by atoms with Gasteiger partial charge in [0.25, 0.3) is 5.91 Å². The quantitative estimate of drug-likeness (QED) is 0.749. The molecule has 0 aromatic heterocycles. The maximum Gasteiger partial charge on any atom is 0.251 e. The molecular formula is C14H21NO3.